The molecule has 1 heterocycles. The number of rotatable bonds is 7. The molecule has 0 saturated carbocycles. The molecule has 0 bridgehead atoms. The molecule has 0 aliphatic carbocycles. The van der Waals surface area contributed by atoms with E-state index < -0.39 is 0 Å². The van der Waals surface area contributed by atoms with E-state index in [1.807, 2.05) is 24.3 Å². The summed E-state index contributed by atoms with van der Waals surface area (Å²) in [5, 5.41) is 12.8. The van der Waals surface area contributed by atoms with Gasteiger partial charge in [0.15, 0.2) is 0 Å². The number of benzene rings is 1. The van der Waals surface area contributed by atoms with Gasteiger partial charge in [0.05, 0.1) is 6.61 Å². The number of aromatic amines is 1. The summed E-state index contributed by atoms with van der Waals surface area (Å²) >= 11 is 0. The number of hydrogen-bond acceptors (Lipinski definition) is 3. The number of nitrogens with one attached hydrogen (secondary N) is 2. The molecule has 0 saturated heterocycles. The van der Waals surface area contributed by atoms with Gasteiger partial charge >= 0.3 is 6.03 Å². The lowest BCUT2D eigenvalue weighted by Gasteiger charge is -2.22. The van der Waals surface area contributed by atoms with E-state index in [1.165, 1.54) is 6.07 Å². The van der Waals surface area contributed by atoms with Crippen molar-refractivity contribution in [2.75, 3.05) is 19.7 Å². The third-order valence-corrected chi connectivity index (χ3v) is 3.70. The van der Waals surface area contributed by atoms with Crippen LogP contribution in [0.25, 0.3) is 10.9 Å². The van der Waals surface area contributed by atoms with Crippen LogP contribution in [0.5, 0.6) is 0 Å². The summed E-state index contributed by atoms with van der Waals surface area (Å²) in [5.74, 6) is 0. The van der Waals surface area contributed by atoms with Crippen LogP contribution in [0.3, 0.4) is 0 Å². The van der Waals surface area contributed by atoms with Gasteiger partial charge in [-0.1, -0.05) is 31.5 Å². The molecule has 0 aliphatic heterocycles. The van der Waals surface area contributed by atoms with Crippen molar-refractivity contribution in [3.8, 4) is 0 Å². The number of urea groups is 1. The molecule has 0 fully saturated rings. The molecule has 3 N–H and O–H groups in total. The summed E-state index contributed by atoms with van der Waals surface area (Å²) in [6.45, 7) is 3.18. The smallest absolute Gasteiger partial charge is 0.317 e. The molecule has 0 aliphatic rings. The predicted molar refractivity (Wildman–Crippen MR) is 90.4 cm³/mol. The molecule has 0 atom stereocenters. The average molecular weight is 317 g/mol. The lowest BCUT2D eigenvalue weighted by molar-refractivity contribution is 0.176. The van der Waals surface area contributed by atoms with E-state index >= 15 is 0 Å². The Morgan fingerprint density at radius 1 is 1.30 bits per heavy atom. The lowest BCUT2D eigenvalue weighted by Crippen LogP contribution is -2.41. The second-order valence-electron chi connectivity index (χ2n) is 5.43. The molecule has 2 rings (SSSR count). The Kier molecular flexibility index (Phi) is 6.17. The third-order valence-electron chi connectivity index (χ3n) is 3.70. The molecule has 1 aromatic heterocycles. The normalized spacial score (nSPS) is 10.7. The highest BCUT2D eigenvalue weighted by Gasteiger charge is 2.12. The molecule has 23 heavy (non-hydrogen) atoms. The molecule has 1 aromatic carbocycles. The maximum atomic E-state index is 12.3. The fraction of sp³-hybridized carbons (Fsp3) is 0.412. The number of unbranched alkanes of at least 4 members (excludes halogenated alkanes) is 1. The Balaban J connectivity index is 2.10. The quantitative estimate of drug-likeness (QED) is 0.728. The number of pyridine rings is 1. The number of carbonyl (C=O) groups is 1. The Labute approximate surface area is 135 Å². The molecular formula is C17H23N3O3. The van der Waals surface area contributed by atoms with Gasteiger partial charge in [-0.3, -0.25) is 4.79 Å². The monoisotopic (exact) mass is 317 g/mol. The van der Waals surface area contributed by atoms with E-state index in [0.717, 1.165) is 29.3 Å². The van der Waals surface area contributed by atoms with Crippen LogP contribution in [0.4, 0.5) is 4.79 Å². The van der Waals surface area contributed by atoms with Crippen LogP contribution in [0, 0.1) is 0 Å². The minimum atomic E-state index is -0.225. The fourth-order valence-electron chi connectivity index (χ4n) is 2.49. The van der Waals surface area contributed by atoms with Crippen molar-refractivity contribution < 1.29 is 9.90 Å². The van der Waals surface area contributed by atoms with E-state index in [-0.39, 0.29) is 24.7 Å². The highest BCUT2D eigenvalue weighted by molar-refractivity contribution is 5.82. The van der Waals surface area contributed by atoms with Crippen LogP contribution in [0.15, 0.2) is 35.1 Å². The fourth-order valence-corrected chi connectivity index (χ4v) is 2.49. The van der Waals surface area contributed by atoms with E-state index in [4.69, 9.17) is 5.11 Å². The number of aliphatic hydroxyl groups excluding tert-OH is 1. The maximum Gasteiger partial charge on any atom is 0.317 e. The summed E-state index contributed by atoms with van der Waals surface area (Å²) in [7, 11) is 0. The van der Waals surface area contributed by atoms with Crippen molar-refractivity contribution in [3.63, 3.8) is 0 Å². The molecular weight excluding hydrogens is 294 g/mol. The highest BCUT2D eigenvalue weighted by atomic mass is 16.3. The first-order valence-electron chi connectivity index (χ1n) is 7.90. The first-order valence-corrected chi connectivity index (χ1v) is 7.90. The Morgan fingerprint density at radius 2 is 2.09 bits per heavy atom. The lowest BCUT2D eigenvalue weighted by atomic mass is 10.1. The Bertz CT molecular complexity index is 712. The van der Waals surface area contributed by atoms with Crippen molar-refractivity contribution in [1.29, 1.82) is 0 Å². The third kappa shape index (κ3) is 4.56. The zero-order valence-corrected chi connectivity index (χ0v) is 13.3. The van der Waals surface area contributed by atoms with Crippen LogP contribution in [-0.2, 0) is 6.54 Å². The van der Waals surface area contributed by atoms with Gasteiger partial charge in [-0.2, -0.15) is 0 Å². The first-order chi connectivity index (χ1) is 11.2. The summed E-state index contributed by atoms with van der Waals surface area (Å²) in [6.07, 6.45) is 1.87. The number of aliphatic hydroxyl groups is 1. The molecule has 2 aromatic rings. The predicted octanol–water partition coefficient (Wildman–Crippen LogP) is 1.83. The summed E-state index contributed by atoms with van der Waals surface area (Å²) in [6, 6.07) is 8.78. The largest absolute Gasteiger partial charge is 0.395 e. The van der Waals surface area contributed by atoms with Gasteiger partial charge in [-0.25, -0.2) is 4.79 Å². The highest BCUT2D eigenvalue weighted by Crippen LogP contribution is 2.14. The molecule has 0 spiro atoms. The number of nitrogens with zero attached hydrogens (tertiary/aromatic N) is 1. The van der Waals surface area contributed by atoms with E-state index in [9.17, 15) is 9.59 Å². The molecule has 124 valence electrons. The van der Waals surface area contributed by atoms with Crippen molar-refractivity contribution in [1.82, 2.24) is 15.2 Å². The number of carbonyl (C=O) groups excluding carboxylic acids is 1. The minimum Gasteiger partial charge on any atom is -0.395 e. The number of amides is 2. The standard InChI is InChI=1S/C17H23N3O3/c1-2-3-8-20(9-10-21)17(23)18-12-13-11-16(22)19-15-7-5-4-6-14(13)15/h4-7,11,21H,2-3,8-10,12H2,1H3,(H,18,23)(H,19,22). The summed E-state index contributed by atoms with van der Waals surface area (Å²) in [5.41, 5.74) is 1.34. The van der Waals surface area contributed by atoms with Gasteiger partial charge in [0, 0.05) is 36.6 Å². The molecule has 0 unspecified atom stereocenters. The maximum absolute atomic E-state index is 12.3. The minimum absolute atomic E-state index is 0.0644. The summed E-state index contributed by atoms with van der Waals surface area (Å²) < 4.78 is 0. The second kappa shape index (κ2) is 8.33. The van der Waals surface area contributed by atoms with E-state index in [0.29, 0.717) is 13.1 Å². The number of H-pyrrole nitrogens is 1. The number of hydrogen-bond donors (Lipinski definition) is 3. The van der Waals surface area contributed by atoms with Gasteiger partial charge in [0.1, 0.15) is 0 Å². The topological polar surface area (TPSA) is 85.4 Å². The molecule has 6 nitrogen and oxygen atoms in total. The zero-order chi connectivity index (χ0) is 16.7. The molecule has 6 heteroatoms. The zero-order valence-electron chi connectivity index (χ0n) is 13.3. The number of fused-ring (bicyclic) bond motifs is 1. The van der Waals surface area contributed by atoms with Gasteiger partial charge < -0.3 is 20.3 Å². The van der Waals surface area contributed by atoms with Gasteiger partial charge in [-0.05, 0) is 18.1 Å². The Hall–Kier alpha value is -2.34. The van der Waals surface area contributed by atoms with Crippen molar-refractivity contribution >= 4 is 16.9 Å². The Morgan fingerprint density at radius 3 is 2.83 bits per heavy atom. The van der Waals surface area contributed by atoms with Crippen LogP contribution in [-0.4, -0.2) is 40.7 Å². The van der Waals surface area contributed by atoms with Crippen molar-refractivity contribution in [3.05, 3.63) is 46.2 Å². The SMILES string of the molecule is CCCCN(CCO)C(=O)NCc1cc(=O)[nH]c2ccccc12. The summed E-state index contributed by atoms with van der Waals surface area (Å²) in [4.78, 5) is 28.3. The molecule has 0 radical (unpaired) electrons. The van der Waals surface area contributed by atoms with Crippen LogP contribution >= 0.6 is 0 Å². The van der Waals surface area contributed by atoms with Crippen LogP contribution < -0.4 is 10.9 Å². The number of aromatic nitrogens is 1. The number of para-hydroxylation sites is 1. The second-order valence-corrected chi connectivity index (χ2v) is 5.43. The van der Waals surface area contributed by atoms with Crippen LogP contribution in [0.2, 0.25) is 0 Å². The van der Waals surface area contributed by atoms with E-state index in [2.05, 4.69) is 17.2 Å². The average Bonchev–Trinajstić information content (AvgIpc) is 2.56. The molecule has 2 amide bonds. The van der Waals surface area contributed by atoms with Gasteiger partial charge in [0.25, 0.3) is 0 Å². The van der Waals surface area contributed by atoms with Gasteiger partial charge in [-0.15, -0.1) is 0 Å². The first kappa shape index (κ1) is 17.0. The van der Waals surface area contributed by atoms with Crippen molar-refractivity contribution in [2.24, 2.45) is 0 Å². The van der Waals surface area contributed by atoms with Gasteiger partial charge in [0.2, 0.25) is 5.56 Å². The van der Waals surface area contributed by atoms with Crippen molar-refractivity contribution in [2.45, 2.75) is 26.3 Å². The van der Waals surface area contributed by atoms with E-state index in [1.54, 1.807) is 4.90 Å². The van der Waals surface area contributed by atoms with Crippen LogP contribution in [0.1, 0.15) is 25.3 Å².